The van der Waals surface area contributed by atoms with E-state index in [9.17, 15) is 4.79 Å². The molecule has 1 saturated heterocycles. The van der Waals surface area contributed by atoms with Gasteiger partial charge in [0, 0.05) is 64.3 Å². The molecule has 1 aromatic carbocycles. The maximum absolute atomic E-state index is 12.6. The molecule has 1 atom stereocenters. The van der Waals surface area contributed by atoms with E-state index in [1.54, 1.807) is 12.4 Å². The summed E-state index contributed by atoms with van der Waals surface area (Å²) in [5, 5.41) is 0. The van der Waals surface area contributed by atoms with Gasteiger partial charge in [0.05, 0.1) is 6.04 Å². The highest BCUT2D eigenvalue weighted by Crippen LogP contribution is 2.20. The van der Waals surface area contributed by atoms with Gasteiger partial charge in [0.2, 0.25) is 5.91 Å². The lowest BCUT2D eigenvalue weighted by Gasteiger charge is -2.36. The highest BCUT2D eigenvalue weighted by Gasteiger charge is 2.21. The molecule has 2 heterocycles. The largest absolute Gasteiger partial charge is 0.369 e. The number of aromatic nitrogens is 1. The van der Waals surface area contributed by atoms with E-state index in [-0.39, 0.29) is 11.9 Å². The number of aryl methyl sites for hydroxylation is 1. The van der Waals surface area contributed by atoms with Crippen molar-refractivity contribution in [3.05, 3.63) is 59.9 Å². The standard InChI is InChI=1S/C22H30N4O/c1-18-5-4-6-21(17-18)26-15-13-25(14-16-26)12-9-22(27)24(3)19(2)20-7-10-23-11-8-20/h4-8,10-11,17,19H,9,12-16H2,1-3H3/t19-/m1/s1. The van der Waals surface area contributed by atoms with Gasteiger partial charge in [-0.1, -0.05) is 12.1 Å². The fourth-order valence-electron chi connectivity index (χ4n) is 3.57. The van der Waals surface area contributed by atoms with Crippen LogP contribution in [0.5, 0.6) is 0 Å². The lowest BCUT2D eigenvalue weighted by Crippen LogP contribution is -2.47. The Labute approximate surface area is 162 Å². The Balaban J connectivity index is 1.45. The molecule has 0 N–H and O–H groups in total. The van der Waals surface area contributed by atoms with E-state index in [0.717, 1.165) is 38.3 Å². The Morgan fingerprint density at radius 3 is 2.52 bits per heavy atom. The number of hydrogen-bond acceptors (Lipinski definition) is 4. The number of piperazine rings is 1. The molecule has 1 aliphatic rings. The van der Waals surface area contributed by atoms with Crippen molar-refractivity contribution in [1.82, 2.24) is 14.8 Å². The summed E-state index contributed by atoms with van der Waals surface area (Å²) in [4.78, 5) is 23.3. The lowest BCUT2D eigenvalue weighted by atomic mass is 10.1. The van der Waals surface area contributed by atoms with Gasteiger partial charge < -0.3 is 9.80 Å². The van der Waals surface area contributed by atoms with Gasteiger partial charge in [0.1, 0.15) is 0 Å². The van der Waals surface area contributed by atoms with Crippen LogP contribution in [0.3, 0.4) is 0 Å². The minimum Gasteiger partial charge on any atom is -0.369 e. The number of carbonyl (C=O) groups is 1. The zero-order valence-electron chi connectivity index (χ0n) is 16.6. The van der Waals surface area contributed by atoms with Crippen LogP contribution in [-0.4, -0.2) is 60.5 Å². The first kappa shape index (κ1) is 19.4. The summed E-state index contributed by atoms with van der Waals surface area (Å²) >= 11 is 0. The lowest BCUT2D eigenvalue weighted by molar-refractivity contribution is -0.132. The second-order valence-electron chi connectivity index (χ2n) is 7.38. The molecule has 1 aliphatic heterocycles. The van der Waals surface area contributed by atoms with Crippen LogP contribution in [0.1, 0.15) is 30.5 Å². The number of amides is 1. The van der Waals surface area contributed by atoms with Gasteiger partial charge in [0.15, 0.2) is 0 Å². The van der Waals surface area contributed by atoms with E-state index in [0.29, 0.717) is 6.42 Å². The van der Waals surface area contributed by atoms with Crippen molar-refractivity contribution >= 4 is 11.6 Å². The molecule has 2 aromatic rings. The topological polar surface area (TPSA) is 39.7 Å². The molecule has 1 fully saturated rings. The number of carbonyl (C=O) groups excluding carboxylic acids is 1. The summed E-state index contributed by atoms with van der Waals surface area (Å²) in [6, 6.07) is 12.7. The van der Waals surface area contributed by atoms with Crippen molar-refractivity contribution in [2.75, 3.05) is 44.7 Å². The fourth-order valence-corrected chi connectivity index (χ4v) is 3.57. The van der Waals surface area contributed by atoms with E-state index >= 15 is 0 Å². The molecule has 0 radical (unpaired) electrons. The van der Waals surface area contributed by atoms with Crippen molar-refractivity contribution in [2.24, 2.45) is 0 Å². The SMILES string of the molecule is Cc1cccc(N2CCN(CCC(=O)N(C)[C@H](C)c3ccncc3)CC2)c1. The molecular weight excluding hydrogens is 336 g/mol. The molecule has 1 aromatic heterocycles. The molecule has 1 amide bonds. The van der Waals surface area contributed by atoms with Crippen molar-refractivity contribution < 1.29 is 4.79 Å². The van der Waals surface area contributed by atoms with Crippen LogP contribution in [0.15, 0.2) is 48.8 Å². The van der Waals surface area contributed by atoms with Gasteiger partial charge in [-0.15, -0.1) is 0 Å². The van der Waals surface area contributed by atoms with Gasteiger partial charge in [-0.3, -0.25) is 14.7 Å². The first-order valence-electron chi connectivity index (χ1n) is 9.74. The molecule has 3 rings (SSSR count). The average Bonchev–Trinajstić information content (AvgIpc) is 2.72. The summed E-state index contributed by atoms with van der Waals surface area (Å²) < 4.78 is 0. The Bertz CT molecular complexity index is 741. The van der Waals surface area contributed by atoms with Crippen LogP contribution in [-0.2, 0) is 4.79 Å². The smallest absolute Gasteiger partial charge is 0.224 e. The number of pyridine rings is 1. The quantitative estimate of drug-likeness (QED) is 0.787. The third-order valence-corrected chi connectivity index (χ3v) is 5.54. The Hall–Kier alpha value is -2.40. The number of hydrogen-bond donors (Lipinski definition) is 0. The van der Waals surface area contributed by atoms with Crippen LogP contribution in [0, 0.1) is 6.92 Å². The minimum absolute atomic E-state index is 0.0682. The van der Waals surface area contributed by atoms with Crippen LogP contribution >= 0.6 is 0 Å². The third-order valence-electron chi connectivity index (χ3n) is 5.54. The Kier molecular flexibility index (Phi) is 6.45. The summed E-state index contributed by atoms with van der Waals surface area (Å²) in [5.41, 5.74) is 3.72. The van der Waals surface area contributed by atoms with Gasteiger partial charge in [-0.25, -0.2) is 0 Å². The first-order valence-corrected chi connectivity index (χ1v) is 9.74. The number of anilines is 1. The fraction of sp³-hybridized carbons (Fsp3) is 0.455. The second-order valence-corrected chi connectivity index (χ2v) is 7.38. The monoisotopic (exact) mass is 366 g/mol. The molecule has 5 heteroatoms. The van der Waals surface area contributed by atoms with E-state index < -0.39 is 0 Å². The highest BCUT2D eigenvalue weighted by atomic mass is 16.2. The Morgan fingerprint density at radius 2 is 1.85 bits per heavy atom. The van der Waals surface area contributed by atoms with Crippen LogP contribution in [0.4, 0.5) is 5.69 Å². The molecule has 27 heavy (non-hydrogen) atoms. The predicted molar refractivity (Wildman–Crippen MR) is 110 cm³/mol. The highest BCUT2D eigenvalue weighted by molar-refractivity contribution is 5.76. The summed E-state index contributed by atoms with van der Waals surface area (Å²) in [6.07, 6.45) is 4.12. The van der Waals surface area contributed by atoms with Crippen molar-refractivity contribution in [2.45, 2.75) is 26.3 Å². The van der Waals surface area contributed by atoms with Crippen LogP contribution in [0.25, 0.3) is 0 Å². The maximum atomic E-state index is 12.6. The maximum Gasteiger partial charge on any atom is 0.224 e. The summed E-state index contributed by atoms with van der Waals surface area (Å²) in [6.45, 7) is 9.06. The zero-order valence-corrected chi connectivity index (χ0v) is 16.6. The van der Waals surface area contributed by atoms with E-state index in [1.807, 2.05) is 24.1 Å². The molecule has 144 valence electrons. The predicted octanol–water partition coefficient (Wildman–Crippen LogP) is 3.12. The molecule has 5 nitrogen and oxygen atoms in total. The van der Waals surface area contributed by atoms with Crippen LogP contribution < -0.4 is 4.90 Å². The second kappa shape index (κ2) is 9.00. The molecule has 0 aliphatic carbocycles. The summed E-state index contributed by atoms with van der Waals surface area (Å²) in [7, 11) is 1.89. The number of nitrogens with zero attached hydrogens (tertiary/aromatic N) is 4. The normalized spacial score (nSPS) is 16.2. The van der Waals surface area contributed by atoms with Gasteiger partial charge in [-0.2, -0.15) is 0 Å². The minimum atomic E-state index is 0.0682. The zero-order chi connectivity index (χ0) is 19.2. The third kappa shape index (κ3) is 5.07. The molecule has 0 unspecified atom stereocenters. The van der Waals surface area contributed by atoms with Gasteiger partial charge in [-0.05, 0) is 49.2 Å². The molecule has 0 spiro atoms. The number of benzene rings is 1. The van der Waals surface area contributed by atoms with Crippen molar-refractivity contribution in [3.8, 4) is 0 Å². The van der Waals surface area contributed by atoms with E-state index in [2.05, 4.69) is 52.9 Å². The molecule has 0 bridgehead atoms. The number of rotatable bonds is 6. The van der Waals surface area contributed by atoms with E-state index in [1.165, 1.54) is 11.3 Å². The molecular formula is C22H30N4O. The first-order chi connectivity index (χ1) is 13.0. The van der Waals surface area contributed by atoms with E-state index in [4.69, 9.17) is 0 Å². The van der Waals surface area contributed by atoms with Crippen molar-refractivity contribution in [3.63, 3.8) is 0 Å². The van der Waals surface area contributed by atoms with Crippen molar-refractivity contribution in [1.29, 1.82) is 0 Å². The average molecular weight is 367 g/mol. The summed E-state index contributed by atoms with van der Waals surface area (Å²) in [5.74, 6) is 0.195. The van der Waals surface area contributed by atoms with Gasteiger partial charge in [0.25, 0.3) is 0 Å². The van der Waals surface area contributed by atoms with Gasteiger partial charge >= 0.3 is 0 Å². The molecule has 0 saturated carbocycles. The Morgan fingerprint density at radius 1 is 1.15 bits per heavy atom. The van der Waals surface area contributed by atoms with Crippen LogP contribution in [0.2, 0.25) is 0 Å².